The van der Waals surface area contributed by atoms with Gasteiger partial charge in [0, 0.05) is 16.9 Å². The van der Waals surface area contributed by atoms with Crippen LogP contribution in [0.1, 0.15) is 35.7 Å². The van der Waals surface area contributed by atoms with E-state index in [4.69, 9.17) is 5.73 Å². The maximum Gasteiger partial charge on any atom is 0.251 e. The molecule has 0 bridgehead atoms. The Balaban J connectivity index is 1.88. The number of nitrogens with one attached hydrogen (secondary N) is 1. The van der Waals surface area contributed by atoms with Gasteiger partial charge in [0.1, 0.15) is 0 Å². The van der Waals surface area contributed by atoms with Gasteiger partial charge in [0.2, 0.25) is 0 Å². The molecule has 1 aromatic rings. The van der Waals surface area contributed by atoms with Crippen LogP contribution in [-0.2, 0) is 6.42 Å². The Morgan fingerprint density at radius 3 is 2.74 bits per heavy atom. The van der Waals surface area contributed by atoms with Crippen molar-refractivity contribution in [3.8, 4) is 0 Å². The maximum absolute atomic E-state index is 12.1. The van der Waals surface area contributed by atoms with Gasteiger partial charge in [-0.1, -0.05) is 12.1 Å². The predicted molar refractivity (Wildman–Crippen MR) is 81.6 cm³/mol. The van der Waals surface area contributed by atoms with Gasteiger partial charge < -0.3 is 11.1 Å². The molecule has 1 aromatic carbocycles. The molecule has 1 aliphatic heterocycles. The summed E-state index contributed by atoms with van der Waals surface area (Å²) in [6.45, 7) is 3.62. The highest BCUT2D eigenvalue weighted by molar-refractivity contribution is 8.00. The molecule has 2 rings (SSSR count). The molecule has 1 amide bonds. The van der Waals surface area contributed by atoms with Gasteiger partial charge in [-0.25, -0.2) is 0 Å². The summed E-state index contributed by atoms with van der Waals surface area (Å²) in [6, 6.07) is 7.72. The number of amides is 1. The summed E-state index contributed by atoms with van der Waals surface area (Å²) in [6.07, 6.45) is 3.30. The molecule has 1 aliphatic rings. The summed E-state index contributed by atoms with van der Waals surface area (Å²) >= 11 is 1.96. The lowest BCUT2D eigenvalue weighted by Gasteiger charge is -2.22. The maximum atomic E-state index is 12.1. The van der Waals surface area contributed by atoms with Crippen LogP contribution in [0, 0.1) is 0 Å². The highest BCUT2D eigenvalue weighted by Gasteiger charge is 2.29. The van der Waals surface area contributed by atoms with Crippen molar-refractivity contribution in [3.63, 3.8) is 0 Å². The highest BCUT2D eigenvalue weighted by Crippen LogP contribution is 2.36. The molecule has 0 spiro atoms. The summed E-state index contributed by atoms with van der Waals surface area (Å²) in [5, 5.41) is 3.05. The summed E-state index contributed by atoms with van der Waals surface area (Å²) in [5.74, 6) is 1.23. The average molecular weight is 278 g/mol. The summed E-state index contributed by atoms with van der Waals surface area (Å²) in [5.41, 5.74) is 7.42. The topological polar surface area (TPSA) is 55.1 Å². The minimum atomic E-state index is 0.0213. The van der Waals surface area contributed by atoms with E-state index in [0.717, 1.165) is 18.5 Å². The normalized spacial score (nSPS) is 22.4. The van der Waals surface area contributed by atoms with Gasteiger partial charge >= 0.3 is 0 Å². The molecule has 1 atom stereocenters. The average Bonchev–Trinajstić information content (AvgIpc) is 2.85. The zero-order valence-electron chi connectivity index (χ0n) is 11.4. The summed E-state index contributed by atoms with van der Waals surface area (Å²) < 4.78 is 0.217. The molecular weight excluding hydrogens is 256 g/mol. The minimum Gasteiger partial charge on any atom is -0.351 e. The van der Waals surface area contributed by atoms with Crippen molar-refractivity contribution in [1.82, 2.24) is 5.32 Å². The van der Waals surface area contributed by atoms with E-state index in [1.54, 1.807) is 0 Å². The molecule has 0 aliphatic carbocycles. The van der Waals surface area contributed by atoms with E-state index in [9.17, 15) is 4.79 Å². The second-order valence-corrected chi connectivity index (χ2v) is 7.00. The lowest BCUT2D eigenvalue weighted by Crippen LogP contribution is -2.36. The molecule has 3 N–H and O–H groups in total. The molecule has 1 unspecified atom stereocenters. The van der Waals surface area contributed by atoms with Gasteiger partial charge in [0.15, 0.2) is 0 Å². The largest absolute Gasteiger partial charge is 0.351 e. The molecule has 0 radical (unpaired) electrons. The van der Waals surface area contributed by atoms with Gasteiger partial charge in [-0.15, -0.1) is 0 Å². The van der Waals surface area contributed by atoms with E-state index in [-0.39, 0.29) is 10.7 Å². The van der Waals surface area contributed by atoms with Crippen LogP contribution in [0.4, 0.5) is 0 Å². The first kappa shape index (κ1) is 14.4. The Hall–Kier alpha value is -1.00. The molecule has 19 heavy (non-hydrogen) atoms. The van der Waals surface area contributed by atoms with Crippen LogP contribution >= 0.6 is 11.8 Å². The van der Waals surface area contributed by atoms with E-state index in [0.29, 0.717) is 6.54 Å². The van der Waals surface area contributed by atoms with Gasteiger partial charge in [-0.3, -0.25) is 4.79 Å². The van der Waals surface area contributed by atoms with E-state index in [1.807, 2.05) is 36.0 Å². The molecule has 104 valence electrons. The number of hydrogen-bond donors (Lipinski definition) is 2. The van der Waals surface area contributed by atoms with Crippen LogP contribution in [0.5, 0.6) is 0 Å². The SMILES string of the molecule is CC1(CNC(=O)c2ccc(CCN)cc2)CCCS1. The van der Waals surface area contributed by atoms with Crippen molar-refractivity contribution in [3.05, 3.63) is 35.4 Å². The number of carbonyl (C=O) groups is 1. The van der Waals surface area contributed by atoms with Crippen molar-refractivity contribution in [2.45, 2.75) is 30.9 Å². The molecule has 3 nitrogen and oxygen atoms in total. The molecule has 0 saturated carbocycles. The Morgan fingerprint density at radius 2 is 2.16 bits per heavy atom. The van der Waals surface area contributed by atoms with E-state index < -0.39 is 0 Å². The predicted octanol–water partition coefficient (Wildman–Crippen LogP) is 2.20. The number of carbonyl (C=O) groups excluding carboxylic acids is 1. The van der Waals surface area contributed by atoms with Crippen LogP contribution in [0.2, 0.25) is 0 Å². The number of thioether (sulfide) groups is 1. The van der Waals surface area contributed by atoms with Gasteiger partial charge in [0.25, 0.3) is 5.91 Å². The standard InChI is InChI=1S/C15H22N2OS/c1-15(8-2-10-19-15)11-17-14(18)13-5-3-12(4-6-13)7-9-16/h3-6H,2,7-11,16H2,1H3,(H,17,18). The highest BCUT2D eigenvalue weighted by atomic mass is 32.2. The lowest BCUT2D eigenvalue weighted by molar-refractivity contribution is 0.0950. The fourth-order valence-corrected chi connectivity index (χ4v) is 3.58. The van der Waals surface area contributed by atoms with Crippen LogP contribution in [0.3, 0.4) is 0 Å². The quantitative estimate of drug-likeness (QED) is 0.868. The smallest absolute Gasteiger partial charge is 0.251 e. The first-order valence-electron chi connectivity index (χ1n) is 6.84. The van der Waals surface area contributed by atoms with Crippen molar-refractivity contribution in [1.29, 1.82) is 0 Å². The Morgan fingerprint density at radius 1 is 1.42 bits per heavy atom. The third kappa shape index (κ3) is 3.98. The van der Waals surface area contributed by atoms with Crippen LogP contribution in [0.15, 0.2) is 24.3 Å². The first-order chi connectivity index (χ1) is 9.13. The van der Waals surface area contributed by atoms with Crippen molar-refractivity contribution >= 4 is 17.7 Å². The van der Waals surface area contributed by atoms with Crippen LogP contribution in [0.25, 0.3) is 0 Å². The fourth-order valence-electron chi connectivity index (χ4n) is 2.34. The molecule has 1 heterocycles. The fraction of sp³-hybridized carbons (Fsp3) is 0.533. The number of benzene rings is 1. The van der Waals surface area contributed by atoms with Crippen molar-refractivity contribution in [2.24, 2.45) is 5.73 Å². The van der Waals surface area contributed by atoms with Gasteiger partial charge in [-0.2, -0.15) is 11.8 Å². The first-order valence-corrected chi connectivity index (χ1v) is 7.83. The lowest BCUT2D eigenvalue weighted by atomic mass is 10.1. The Bertz CT molecular complexity index is 424. The Kier molecular flexibility index (Phi) is 4.88. The summed E-state index contributed by atoms with van der Waals surface area (Å²) in [4.78, 5) is 12.1. The third-order valence-corrected chi connectivity index (χ3v) is 5.11. The second kappa shape index (κ2) is 6.44. The summed E-state index contributed by atoms with van der Waals surface area (Å²) in [7, 11) is 0. The van der Waals surface area contributed by atoms with E-state index in [1.165, 1.54) is 24.2 Å². The van der Waals surface area contributed by atoms with Crippen molar-refractivity contribution in [2.75, 3.05) is 18.8 Å². The monoisotopic (exact) mass is 278 g/mol. The van der Waals surface area contributed by atoms with Gasteiger partial charge in [0.05, 0.1) is 0 Å². The Labute approximate surface area is 119 Å². The number of hydrogen-bond acceptors (Lipinski definition) is 3. The number of rotatable bonds is 5. The molecule has 4 heteroatoms. The number of nitrogens with two attached hydrogens (primary N) is 1. The van der Waals surface area contributed by atoms with Gasteiger partial charge in [-0.05, 0) is 56.2 Å². The van der Waals surface area contributed by atoms with E-state index >= 15 is 0 Å². The third-order valence-electron chi connectivity index (χ3n) is 3.57. The van der Waals surface area contributed by atoms with Crippen LogP contribution < -0.4 is 11.1 Å². The minimum absolute atomic E-state index is 0.0213. The van der Waals surface area contributed by atoms with E-state index in [2.05, 4.69) is 12.2 Å². The van der Waals surface area contributed by atoms with Crippen LogP contribution in [-0.4, -0.2) is 29.5 Å². The zero-order chi connectivity index (χ0) is 13.7. The molecule has 0 aromatic heterocycles. The van der Waals surface area contributed by atoms with Crippen molar-refractivity contribution < 1.29 is 4.79 Å². The zero-order valence-corrected chi connectivity index (χ0v) is 12.3. The molecular formula is C15H22N2OS. The molecule has 1 fully saturated rings. The second-order valence-electron chi connectivity index (χ2n) is 5.32. The molecule has 1 saturated heterocycles.